The van der Waals surface area contributed by atoms with Gasteiger partial charge in [0.15, 0.2) is 0 Å². The average Bonchev–Trinajstić information content (AvgIpc) is 2.84. The lowest BCUT2D eigenvalue weighted by Gasteiger charge is -2.17. The number of nitriles is 1. The van der Waals surface area contributed by atoms with E-state index in [0.717, 1.165) is 5.56 Å². The third kappa shape index (κ3) is 4.25. The van der Waals surface area contributed by atoms with Gasteiger partial charge in [-0.2, -0.15) is 5.26 Å². The van der Waals surface area contributed by atoms with E-state index >= 15 is 0 Å². The molecule has 0 bridgehead atoms. The van der Waals surface area contributed by atoms with Crippen LogP contribution in [0.25, 0.3) is 33.3 Å². The normalized spacial score (nSPS) is 11.6. The number of carbonyl (C=O) groups is 1. The Morgan fingerprint density at radius 2 is 1.82 bits per heavy atom. The third-order valence-corrected chi connectivity index (χ3v) is 5.34. The molecule has 0 saturated heterocycles. The fourth-order valence-electron chi connectivity index (χ4n) is 3.60. The maximum absolute atomic E-state index is 14.0. The minimum absolute atomic E-state index is 0.0277. The second-order valence-corrected chi connectivity index (χ2v) is 7.57. The van der Waals surface area contributed by atoms with Crippen LogP contribution in [0.2, 0.25) is 0 Å². The number of anilines is 1. The maximum atomic E-state index is 14.0. The molecule has 3 aromatic carbocycles. The highest BCUT2D eigenvalue weighted by Crippen LogP contribution is 2.35. The van der Waals surface area contributed by atoms with Crippen molar-refractivity contribution in [3.05, 3.63) is 88.2 Å². The van der Waals surface area contributed by atoms with Crippen LogP contribution in [0.5, 0.6) is 0 Å². The standard InChI is InChI=1S/C25H17FN4O4/c1-14(25(31)32)28-24-20-12-18(26)9-10-22(20)29-23(21(24)13-27)16-7-5-15(6-8-16)17-3-2-4-19(11-17)30(33)34/h2-12,14H,1H3,(H,28,29)(H,31,32). The highest BCUT2D eigenvalue weighted by molar-refractivity contribution is 5.99. The van der Waals surface area contributed by atoms with Gasteiger partial charge in [0.1, 0.15) is 23.5 Å². The van der Waals surface area contributed by atoms with Crippen molar-refractivity contribution in [2.24, 2.45) is 0 Å². The summed E-state index contributed by atoms with van der Waals surface area (Å²) in [7, 11) is 0. The van der Waals surface area contributed by atoms with Crippen LogP contribution in [0.15, 0.2) is 66.7 Å². The molecule has 0 radical (unpaired) electrons. The number of aliphatic carboxylic acids is 1. The molecule has 0 aliphatic carbocycles. The van der Waals surface area contributed by atoms with Crippen LogP contribution in [-0.4, -0.2) is 27.0 Å². The van der Waals surface area contributed by atoms with E-state index in [4.69, 9.17) is 0 Å². The van der Waals surface area contributed by atoms with E-state index in [1.54, 1.807) is 36.4 Å². The summed E-state index contributed by atoms with van der Waals surface area (Å²) < 4.78 is 14.0. The molecule has 0 aliphatic heterocycles. The van der Waals surface area contributed by atoms with Gasteiger partial charge in [0.25, 0.3) is 5.69 Å². The van der Waals surface area contributed by atoms with Crippen molar-refractivity contribution < 1.29 is 19.2 Å². The lowest BCUT2D eigenvalue weighted by Crippen LogP contribution is -2.26. The molecule has 168 valence electrons. The summed E-state index contributed by atoms with van der Waals surface area (Å²) in [6.45, 7) is 1.42. The Labute approximate surface area is 193 Å². The zero-order valence-electron chi connectivity index (χ0n) is 17.8. The monoisotopic (exact) mass is 456 g/mol. The lowest BCUT2D eigenvalue weighted by atomic mass is 9.98. The Kier molecular flexibility index (Phi) is 5.89. The van der Waals surface area contributed by atoms with Crippen molar-refractivity contribution >= 4 is 28.2 Å². The average molecular weight is 456 g/mol. The van der Waals surface area contributed by atoms with Gasteiger partial charge in [-0.15, -0.1) is 0 Å². The molecular weight excluding hydrogens is 439 g/mol. The smallest absolute Gasteiger partial charge is 0.325 e. The predicted octanol–water partition coefficient (Wildman–Crippen LogP) is 5.37. The summed E-state index contributed by atoms with van der Waals surface area (Å²) in [5, 5.41) is 33.4. The molecule has 4 rings (SSSR count). The number of nitrogens with one attached hydrogen (secondary N) is 1. The van der Waals surface area contributed by atoms with Gasteiger partial charge in [0.05, 0.1) is 21.8 Å². The van der Waals surface area contributed by atoms with E-state index in [-0.39, 0.29) is 16.9 Å². The highest BCUT2D eigenvalue weighted by atomic mass is 19.1. The van der Waals surface area contributed by atoms with Gasteiger partial charge < -0.3 is 10.4 Å². The van der Waals surface area contributed by atoms with E-state index in [0.29, 0.717) is 27.7 Å². The van der Waals surface area contributed by atoms with Crippen LogP contribution in [0, 0.1) is 27.3 Å². The van der Waals surface area contributed by atoms with Crippen LogP contribution in [0.4, 0.5) is 15.8 Å². The number of benzene rings is 3. The van der Waals surface area contributed by atoms with Crippen molar-refractivity contribution in [1.29, 1.82) is 5.26 Å². The number of nitrogens with zero attached hydrogens (tertiary/aromatic N) is 3. The minimum atomic E-state index is -1.13. The lowest BCUT2D eigenvalue weighted by molar-refractivity contribution is -0.384. The maximum Gasteiger partial charge on any atom is 0.325 e. The van der Waals surface area contributed by atoms with Crippen LogP contribution in [0.1, 0.15) is 12.5 Å². The number of nitro groups is 1. The first kappa shape index (κ1) is 22.4. The molecular formula is C25H17FN4O4. The molecule has 1 aromatic heterocycles. The number of rotatable bonds is 6. The molecule has 4 aromatic rings. The molecule has 0 saturated carbocycles. The summed E-state index contributed by atoms with van der Waals surface area (Å²) in [5.41, 5.74) is 2.87. The molecule has 2 N–H and O–H groups in total. The van der Waals surface area contributed by atoms with Gasteiger partial charge in [-0.3, -0.25) is 14.9 Å². The topological polar surface area (TPSA) is 129 Å². The Bertz CT molecular complexity index is 1480. The number of carboxylic acid groups (broad SMARTS) is 1. The number of hydrogen-bond acceptors (Lipinski definition) is 6. The quantitative estimate of drug-likeness (QED) is 0.295. The molecule has 0 aliphatic rings. The number of halogens is 1. The number of pyridine rings is 1. The highest BCUT2D eigenvalue weighted by Gasteiger charge is 2.21. The molecule has 1 atom stereocenters. The van der Waals surface area contributed by atoms with Gasteiger partial charge in [-0.1, -0.05) is 36.4 Å². The van der Waals surface area contributed by atoms with E-state index in [1.807, 2.05) is 0 Å². The van der Waals surface area contributed by atoms with E-state index in [2.05, 4.69) is 16.4 Å². The molecule has 1 unspecified atom stereocenters. The zero-order chi connectivity index (χ0) is 24.4. The number of nitro benzene ring substituents is 1. The number of carboxylic acids is 1. The molecule has 1 heterocycles. The SMILES string of the molecule is CC(Nc1c(C#N)c(-c2ccc(-c3cccc([N+](=O)[O-])c3)cc2)nc2ccc(F)cc12)C(=O)O. The second kappa shape index (κ2) is 8.96. The van der Waals surface area contributed by atoms with Crippen molar-refractivity contribution in [3.63, 3.8) is 0 Å². The Hall–Kier alpha value is -4.84. The van der Waals surface area contributed by atoms with Gasteiger partial charge >= 0.3 is 5.97 Å². The Morgan fingerprint density at radius 1 is 1.12 bits per heavy atom. The van der Waals surface area contributed by atoms with Crippen molar-refractivity contribution in [2.75, 3.05) is 5.32 Å². The largest absolute Gasteiger partial charge is 0.480 e. The van der Waals surface area contributed by atoms with E-state index < -0.39 is 22.8 Å². The number of aromatic nitrogens is 1. The Balaban J connectivity index is 1.85. The van der Waals surface area contributed by atoms with Crippen molar-refractivity contribution in [1.82, 2.24) is 4.98 Å². The number of fused-ring (bicyclic) bond motifs is 1. The summed E-state index contributed by atoms with van der Waals surface area (Å²) in [5.74, 6) is -1.67. The fraction of sp³-hybridized carbons (Fsp3) is 0.0800. The first-order chi connectivity index (χ1) is 16.3. The van der Waals surface area contributed by atoms with Crippen molar-refractivity contribution in [2.45, 2.75) is 13.0 Å². The summed E-state index contributed by atoms with van der Waals surface area (Å²) in [4.78, 5) is 26.6. The predicted molar refractivity (Wildman–Crippen MR) is 125 cm³/mol. The summed E-state index contributed by atoms with van der Waals surface area (Å²) in [6.07, 6.45) is 0. The van der Waals surface area contributed by atoms with Gasteiger partial charge in [0.2, 0.25) is 0 Å². The molecule has 0 fully saturated rings. The molecule has 34 heavy (non-hydrogen) atoms. The van der Waals surface area contributed by atoms with Crippen molar-refractivity contribution in [3.8, 4) is 28.5 Å². The van der Waals surface area contributed by atoms with Gasteiger partial charge in [-0.05, 0) is 36.2 Å². The first-order valence-electron chi connectivity index (χ1n) is 10.2. The number of non-ortho nitro benzene ring substituents is 1. The third-order valence-electron chi connectivity index (χ3n) is 5.34. The van der Waals surface area contributed by atoms with Crippen LogP contribution < -0.4 is 5.32 Å². The summed E-state index contributed by atoms with van der Waals surface area (Å²) >= 11 is 0. The first-order valence-corrected chi connectivity index (χ1v) is 10.2. The summed E-state index contributed by atoms with van der Waals surface area (Å²) in [6, 6.07) is 18.1. The zero-order valence-corrected chi connectivity index (χ0v) is 17.8. The molecule has 8 nitrogen and oxygen atoms in total. The molecule has 9 heteroatoms. The molecule has 0 spiro atoms. The van der Waals surface area contributed by atoms with Crippen LogP contribution >= 0.6 is 0 Å². The van der Waals surface area contributed by atoms with Crippen LogP contribution in [-0.2, 0) is 4.79 Å². The second-order valence-electron chi connectivity index (χ2n) is 7.57. The Morgan fingerprint density at radius 3 is 2.47 bits per heavy atom. The van der Waals surface area contributed by atoms with Gasteiger partial charge in [0, 0.05) is 23.1 Å². The molecule has 0 amide bonds. The van der Waals surface area contributed by atoms with E-state index in [1.165, 1.54) is 37.3 Å². The fourth-order valence-corrected chi connectivity index (χ4v) is 3.60. The van der Waals surface area contributed by atoms with Gasteiger partial charge in [-0.25, -0.2) is 9.37 Å². The number of hydrogen-bond donors (Lipinski definition) is 2. The minimum Gasteiger partial charge on any atom is -0.480 e. The van der Waals surface area contributed by atoms with E-state index in [9.17, 15) is 29.7 Å². The van der Waals surface area contributed by atoms with Crippen LogP contribution in [0.3, 0.4) is 0 Å².